The van der Waals surface area contributed by atoms with Crippen molar-refractivity contribution in [1.29, 1.82) is 0 Å². The molecule has 0 heterocycles. The van der Waals surface area contributed by atoms with E-state index in [1.807, 2.05) is 0 Å². The molecule has 1 rings (SSSR count). The summed E-state index contributed by atoms with van der Waals surface area (Å²) in [5.41, 5.74) is 2.59. The molecule has 0 bridgehead atoms. The van der Waals surface area contributed by atoms with E-state index < -0.39 is 0 Å². The first-order chi connectivity index (χ1) is 7.26. The molecule has 0 fully saturated rings. The van der Waals surface area contributed by atoms with Crippen LogP contribution in [0.25, 0.3) is 0 Å². The molecule has 0 saturated heterocycles. The van der Waals surface area contributed by atoms with Gasteiger partial charge in [-0.1, -0.05) is 19.8 Å². The number of unbranched alkanes of at least 4 members (excludes halogenated alkanes) is 2. The van der Waals surface area contributed by atoms with E-state index in [1.165, 1.54) is 35.4 Å². The fourth-order valence-corrected chi connectivity index (χ4v) is 2.12. The molecule has 0 saturated carbocycles. The van der Waals surface area contributed by atoms with Crippen molar-refractivity contribution in [2.75, 3.05) is 18.1 Å². The Hall–Kier alpha value is -0.630. The Bertz CT molecular complexity index is 297. The zero-order valence-electron chi connectivity index (χ0n) is 9.97. The van der Waals surface area contributed by atoms with Crippen LogP contribution in [0.3, 0.4) is 0 Å². The molecule has 0 atom stereocenters. The summed E-state index contributed by atoms with van der Waals surface area (Å²) in [6, 6.07) is 6.66. The first kappa shape index (κ1) is 12.4. The molecule has 0 unspecified atom stereocenters. The molecular weight excluding hydrogens is 202 g/mol. The second kappa shape index (κ2) is 6.78. The summed E-state index contributed by atoms with van der Waals surface area (Å²) in [4.78, 5) is 1.34. The van der Waals surface area contributed by atoms with Crippen molar-refractivity contribution < 1.29 is 0 Å². The Labute approximate surface area is 97.7 Å². The maximum absolute atomic E-state index is 3.48. The molecule has 2 heteroatoms. The first-order valence-corrected chi connectivity index (χ1v) is 6.88. The predicted molar refractivity (Wildman–Crippen MR) is 71.0 cm³/mol. The van der Waals surface area contributed by atoms with Gasteiger partial charge in [-0.15, -0.1) is 11.8 Å². The molecule has 1 aromatic rings. The van der Waals surface area contributed by atoms with Crippen molar-refractivity contribution in [2.24, 2.45) is 0 Å². The minimum Gasteiger partial charge on any atom is -0.385 e. The van der Waals surface area contributed by atoms with Crippen molar-refractivity contribution in [2.45, 2.75) is 38.0 Å². The Morgan fingerprint density at radius 2 is 2.00 bits per heavy atom. The molecule has 0 aliphatic rings. The van der Waals surface area contributed by atoms with Crippen LogP contribution in [0.1, 0.15) is 31.7 Å². The lowest BCUT2D eigenvalue weighted by atomic mass is 10.2. The highest BCUT2D eigenvalue weighted by Crippen LogP contribution is 2.21. The molecule has 0 aromatic heterocycles. The second-order valence-corrected chi connectivity index (χ2v) is 4.75. The van der Waals surface area contributed by atoms with Gasteiger partial charge in [-0.25, -0.2) is 0 Å². The van der Waals surface area contributed by atoms with Gasteiger partial charge in [0.1, 0.15) is 0 Å². The third-order valence-electron chi connectivity index (χ3n) is 2.40. The Balaban J connectivity index is 2.49. The average Bonchev–Trinajstić information content (AvgIpc) is 2.23. The third-order valence-corrected chi connectivity index (χ3v) is 3.10. The maximum atomic E-state index is 3.48. The number of hydrogen-bond donors (Lipinski definition) is 1. The number of hydrogen-bond acceptors (Lipinski definition) is 2. The van der Waals surface area contributed by atoms with Gasteiger partial charge in [0.15, 0.2) is 0 Å². The van der Waals surface area contributed by atoms with Crippen LogP contribution in [0, 0.1) is 6.92 Å². The van der Waals surface area contributed by atoms with Crippen LogP contribution in [-0.4, -0.2) is 12.8 Å². The lowest BCUT2D eigenvalue weighted by molar-refractivity contribution is 0.743. The van der Waals surface area contributed by atoms with E-state index in [4.69, 9.17) is 0 Å². The lowest BCUT2D eigenvalue weighted by Gasteiger charge is -2.08. The van der Waals surface area contributed by atoms with E-state index in [9.17, 15) is 0 Å². The van der Waals surface area contributed by atoms with E-state index in [0.717, 1.165) is 6.54 Å². The van der Waals surface area contributed by atoms with Crippen LogP contribution in [0.2, 0.25) is 0 Å². The molecule has 0 aliphatic heterocycles. The molecule has 84 valence electrons. The normalized spacial score (nSPS) is 10.3. The van der Waals surface area contributed by atoms with Crippen LogP contribution in [-0.2, 0) is 0 Å². The summed E-state index contributed by atoms with van der Waals surface area (Å²) in [7, 11) is 0. The third kappa shape index (κ3) is 4.61. The van der Waals surface area contributed by atoms with Crippen molar-refractivity contribution in [3.05, 3.63) is 23.8 Å². The van der Waals surface area contributed by atoms with Gasteiger partial charge in [-0.3, -0.25) is 0 Å². The summed E-state index contributed by atoms with van der Waals surface area (Å²) < 4.78 is 0. The van der Waals surface area contributed by atoms with Gasteiger partial charge in [-0.05, 0) is 43.4 Å². The van der Waals surface area contributed by atoms with Crippen LogP contribution in [0.15, 0.2) is 23.1 Å². The summed E-state index contributed by atoms with van der Waals surface area (Å²) in [6.45, 7) is 5.47. The van der Waals surface area contributed by atoms with Gasteiger partial charge in [0, 0.05) is 17.1 Å². The van der Waals surface area contributed by atoms with Gasteiger partial charge in [0.25, 0.3) is 0 Å². The molecule has 0 amide bonds. The minimum absolute atomic E-state index is 1.09. The van der Waals surface area contributed by atoms with Crippen LogP contribution in [0.5, 0.6) is 0 Å². The highest BCUT2D eigenvalue weighted by molar-refractivity contribution is 7.98. The topological polar surface area (TPSA) is 12.0 Å². The van der Waals surface area contributed by atoms with Crippen molar-refractivity contribution >= 4 is 17.4 Å². The molecule has 0 spiro atoms. The highest BCUT2D eigenvalue weighted by Gasteiger charge is 1.97. The number of benzene rings is 1. The number of nitrogens with one attached hydrogen (secondary N) is 1. The van der Waals surface area contributed by atoms with Gasteiger partial charge in [0.2, 0.25) is 0 Å². The smallest absolute Gasteiger partial charge is 0.0354 e. The number of rotatable bonds is 6. The molecule has 1 aromatic carbocycles. The predicted octanol–water partition coefficient (Wildman–Crippen LogP) is 4.32. The Morgan fingerprint density at radius 1 is 1.20 bits per heavy atom. The molecule has 1 N–H and O–H groups in total. The van der Waals surface area contributed by atoms with Crippen molar-refractivity contribution in [1.82, 2.24) is 0 Å². The Kier molecular flexibility index (Phi) is 5.62. The Morgan fingerprint density at radius 3 is 2.67 bits per heavy atom. The summed E-state index contributed by atoms with van der Waals surface area (Å²) in [6.07, 6.45) is 5.98. The fraction of sp³-hybridized carbons (Fsp3) is 0.538. The highest BCUT2D eigenvalue weighted by atomic mass is 32.2. The quantitative estimate of drug-likeness (QED) is 0.569. The van der Waals surface area contributed by atoms with E-state index in [-0.39, 0.29) is 0 Å². The maximum Gasteiger partial charge on any atom is 0.0354 e. The van der Waals surface area contributed by atoms with Crippen LogP contribution in [0.4, 0.5) is 5.69 Å². The van der Waals surface area contributed by atoms with Gasteiger partial charge >= 0.3 is 0 Å². The number of anilines is 1. The second-order valence-electron chi connectivity index (χ2n) is 3.87. The molecular formula is C13H21NS. The van der Waals surface area contributed by atoms with Crippen LogP contribution < -0.4 is 5.32 Å². The van der Waals surface area contributed by atoms with Gasteiger partial charge in [0.05, 0.1) is 0 Å². The summed E-state index contributed by atoms with van der Waals surface area (Å²) in [5.74, 6) is 0. The fourth-order valence-electron chi connectivity index (χ4n) is 1.58. The van der Waals surface area contributed by atoms with Crippen molar-refractivity contribution in [3.63, 3.8) is 0 Å². The van der Waals surface area contributed by atoms with Crippen LogP contribution >= 0.6 is 11.8 Å². The van der Waals surface area contributed by atoms with Gasteiger partial charge < -0.3 is 5.32 Å². The number of aryl methyl sites for hydroxylation is 1. The summed E-state index contributed by atoms with van der Waals surface area (Å²) >= 11 is 1.80. The van der Waals surface area contributed by atoms with Crippen molar-refractivity contribution in [3.8, 4) is 0 Å². The van der Waals surface area contributed by atoms with E-state index in [0.29, 0.717) is 0 Å². The standard InChI is InChI=1S/C13H21NS/c1-4-5-6-7-14-12-8-11(2)9-13(10-12)15-3/h8-10,14H,4-7H2,1-3H3. The molecule has 0 radical (unpaired) electrons. The number of thioether (sulfide) groups is 1. The SMILES string of the molecule is CCCCCNc1cc(C)cc(SC)c1. The average molecular weight is 223 g/mol. The molecule has 15 heavy (non-hydrogen) atoms. The molecule has 1 nitrogen and oxygen atoms in total. The zero-order valence-corrected chi connectivity index (χ0v) is 10.8. The largest absolute Gasteiger partial charge is 0.385 e. The first-order valence-electron chi connectivity index (χ1n) is 5.66. The van der Waals surface area contributed by atoms with Gasteiger partial charge in [-0.2, -0.15) is 0 Å². The monoisotopic (exact) mass is 223 g/mol. The van der Waals surface area contributed by atoms with E-state index in [1.54, 1.807) is 11.8 Å². The van der Waals surface area contributed by atoms with E-state index in [2.05, 4.69) is 43.6 Å². The molecule has 0 aliphatic carbocycles. The van der Waals surface area contributed by atoms with E-state index >= 15 is 0 Å². The zero-order chi connectivity index (χ0) is 11.1. The summed E-state index contributed by atoms with van der Waals surface area (Å²) in [5, 5.41) is 3.48. The minimum atomic E-state index is 1.09. The lowest BCUT2D eigenvalue weighted by Crippen LogP contribution is -2.01.